The number of halogens is 3. The van der Waals surface area contributed by atoms with E-state index in [1.165, 1.54) is 5.56 Å². The topological polar surface area (TPSA) is 24.9 Å². The van der Waals surface area contributed by atoms with Gasteiger partial charge in [0.15, 0.2) is 0 Å². The van der Waals surface area contributed by atoms with E-state index < -0.39 is 0 Å². The number of nitrogens with one attached hydrogen (secondary N) is 1. The molecule has 0 saturated heterocycles. The second-order valence-electron chi connectivity index (χ2n) is 3.78. The number of aromatic nitrogens is 1. The predicted octanol–water partition coefficient (Wildman–Crippen LogP) is 4.91. The Hall–Kier alpha value is -0.580. The van der Waals surface area contributed by atoms with Crippen molar-refractivity contribution < 1.29 is 0 Å². The van der Waals surface area contributed by atoms with E-state index in [1.807, 2.05) is 36.7 Å². The maximum Gasteiger partial charge on any atom is 0.0630 e. The van der Waals surface area contributed by atoms with Crippen LogP contribution in [0.25, 0.3) is 0 Å². The summed E-state index contributed by atoms with van der Waals surface area (Å²) < 4.78 is 1.91. The van der Waals surface area contributed by atoms with E-state index in [1.54, 1.807) is 0 Å². The largest absolute Gasteiger partial charge is 0.383 e. The van der Waals surface area contributed by atoms with Gasteiger partial charge in [-0.2, -0.15) is 0 Å². The average Bonchev–Trinajstić information content (AvgIpc) is 2.34. The van der Waals surface area contributed by atoms with Crippen molar-refractivity contribution in [3.05, 3.63) is 56.2 Å². The van der Waals surface area contributed by atoms with Crippen LogP contribution in [0.5, 0.6) is 0 Å². The molecule has 0 fully saturated rings. The number of hydrogen-bond acceptors (Lipinski definition) is 2. The summed E-state index contributed by atoms with van der Waals surface area (Å²) in [6.07, 6.45) is 4.57. The number of rotatable bonds is 4. The lowest BCUT2D eigenvalue weighted by molar-refractivity contribution is 1.01. The summed E-state index contributed by atoms with van der Waals surface area (Å²) in [5.41, 5.74) is 2.28. The quantitative estimate of drug-likeness (QED) is 0.802. The van der Waals surface area contributed by atoms with Crippen LogP contribution in [0.3, 0.4) is 0 Å². The summed E-state index contributed by atoms with van der Waals surface area (Å²) in [4.78, 5) is 4.00. The number of pyridine rings is 1. The van der Waals surface area contributed by atoms with Gasteiger partial charge in [0.25, 0.3) is 0 Å². The molecule has 18 heavy (non-hydrogen) atoms. The van der Waals surface area contributed by atoms with Crippen LogP contribution in [-0.2, 0) is 6.42 Å². The third-order valence-corrected chi connectivity index (χ3v) is 3.94. The predicted molar refractivity (Wildman–Crippen MR) is 83.3 cm³/mol. The van der Waals surface area contributed by atoms with Crippen LogP contribution in [0.2, 0.25) is 5.02 Å². The minimum Gasteiger partial charge on any atom is -0.383 e. The Bertz CT molecular complexity index is 509. The van der Waals surface area contributed by atoms with Crippen molar-refractivity contribution in [3.8, 4) is 0 Å². The number of anilines is 1. The van der Waals surface area contributed by atoms with Crippen LogP contribution in [0.15, 0.2) is 45.6 Å². The van der Waals surface area contributed by atoms with Gasteiger partial charge in [0.1, 0.15) is 0 Å². The van der Waals surface area contributed by atoms with E-state index in [-0.39, 0.29) is 0 Å². The highest BCUT2D eigenvalue weighted by Crippen LogP contribution is 2.34. The molecule has 94 valence electrons. The molecule has 0 radical (unpaired) electrons. The van der Waals surface area contributed by atoms with E-state index in [4.69, 9.17) is 11.6 Å². The van der Waals surface area contributed by atoms with Gasteiger partial charge >= 0.3 is 0 Å². The van der Waals surface area contributed by atoms with E-state index in [0.717, 1.165) is 27.6 Å². The van der Waals surface area contributed by atoms with E-state index in [9.17, 15) is 0 Å². The number of nitrogens with zero attached hydrogens (tertiary/aromatic N) is 1. The number of hydrogen-bond donors (Lipinski definition) is 1. The third-order valence-electron chi connectivity index (χ3n) is 2.47. The lowest BCUT2D eigenvalue weighted by Gasteiger charge is -2.11. The fourth-order valence-electron chi connectivity index (χ4n) is 1.59. The first-order valence-electron chi connectivity index (χ1n) is 5.44. The SMILES string of the molecule is Clc1cc(Br)c(NCCc2ccncc2)c(Br)c1. The first kappa shape index (κ1) is 13.8. The van der Waals surface area contributed by atoms with Crippen LogP contribution >= 0.6 is 43.5 Å². The lowest BCUT2D eigenvalue weighted by Crippen LogP contribution is -2.06. The van der Waals surface area contributed by atoms with Crippen molar-refractivity contribution in [1.82, 2.24) is 4.98 Å². The Morgan fingerprint density at radius 1 is 1.11 bits per heavy atom. The molecule has 2 aromatic rings. The van der Waals surface area contributed by atoms with Crippen LogP contribution in [0.1, 0.15) is 5.56 Å². The molecule has 1 aromatic carbocycles. The molecule has 1 N–H and O–H groups in total. The molecule has 2 rings (SSSR count). The first-order valence-corrected chi connectivity index (χ1v) is 7.40. The van der Waals surface area contributed by atoms with Crippen LogP contribution in [0.4, 0.5) is 5.69 Å². The Morgan fingerprint density at radius 2 is 1.72 bits per heavy atom. The van der Waals surface area contributed by atoms with Gasteiger partial charge in [0.2, 0.25) is 0 Å². The maximum absolute atomic E-state index is 5.96. The Kier molecular flexibility index (Phi) is 5.03. The van der Waals surface area contributed by atoms with Gasteiger partial charge in [-0.05, 0) is 68.1 Å². The summed E-state index contributed by atoms with van der Waals surface area (Å²) in [5.74, 6) is 0. The van der Waals surface area contributed by atoms with Gasteiger partial charge in [-0.25, -0.2) is 0 Å². The molecule has 0 aliphatic heterocycles. The molecular weight excluding hydrogens is 379 g/mol. The van der Waals surface area contributed by atoms with E-state index in [2.05, 4.69) is 42.2 Å². The molecule has 1 aromatic heterocycles. The second kappa shape index (κ2) is 6.55. The summed E-state index contributed by atoms with van der Waals surface area (Å²) in [5, 5.41) is 4.09. The highest BCUT2D eigenvalue weighted by Gasteiger charge is 2.06. The molecule has 1 heterocycles. The van der Waals surface area contributed by atoms with Gasteiger partial charge in [-0.1, -0.05) is 11.6 Å². The Morgan fingerprint density at radius 3 is 2.33 bits per heavy atom. The van der Waals surface area contributed by atoms with Gasteiger partial charge in [-0.3, -0.25) is 4.98 Å². The fraction of sp³-hybridized carbons (Fsp3) is 0.154. The highest BCUT2D eigenvalue weighted by atomic mass is 79.9. The molecule has 0 aliphatic rings. The molecule has 2 nitrogen and oxygen atoms in total. The Labute approximate surface area is 128 Å². The molecule has 0 saturated carbocycles. The molecule has 0 spiro atoms. The van der Waals surface area contributed by atoms with Crippen molar-refractivity contribution in [2.45, 2.75) is 6.42 Å². The zero-order valence-electron chi connectivity index (χ0n) is 9.46. The summed E-state index contributed by atoms with van der Waals surface area (Å²) >= 11 is 13.0. The molecule has 5 heteroatoms. The van der Waals surface area contributed by atoms with Crippen LogP contribution in [-0.4, -0.2) is 11.5 Å². The maximum atomic E-state index is 5.96. The van der Waals surface area contributed by atoms with Crippen molar-refractivity contribution in [2.75, 3.05) is 11.9 Å². The van der Waals surface area contributed by atoms with Gasteiger partial charge in [0, 0.05) is 32.9 Å². The van der Waals surface area contributed by atoms with Crippen LogP contribution < -0.4 is 5.32 Å². The minimum atomic E-state index is 0.702. The zero-order chi connectivity index (χ0) is 13.0. The smallest absolute Gasteiger partial charge is 0.0630 e. The van der Waals surface area contributed by atoms with Gasteiger partial charge in [-0.15, -0.1) is 0 Å². The molecule has 0 amide bonds. The van der Waals surface area contributed by atoms with E-state index in [0.29, 0.717) is 5.02 Å². The normalized spacial score (nSPS) is 10.4. The summed E-state index contributed by atoms with van der Waals surface area (Å²) in [6.45, 7) is 0.850. The third kappa shape index (κ3) is 3.70. The molecule has 0 atom stereocenters. The zero-order valence-corrected chi connectivity index (χ0v) is 13.4. The van der Waals surface area contributed by atoms with Gasteiger partial charge < -0.3 is 5.32 Å². The molecule has 0 aliphatic carbocycles. The highest BCUT2D eigenvalue weighted by molar-refractivity contribution is 9.11. The first-order chi connectivity index (χ1) is 8.66. The summed E-state index contributed by atoms with van der Waals surface area (Å²) in [6, 6.07) is 7.80. The fourth-order valence-corrected chi connectivity index (χ4v) is 3.54. The van der Waals surface area contributed by atoms with Crippen molar-refractivity contribution in [2.24, 2.45) is 0 Å². The second-order valence-corrected chi connectivity index (χ2v) is 5.92. The van der Waals surface area contributed by atoms with Crippen LogP contribution in [0, 0.1) is 0 Å². The Balaban J connectivity index is 1.99. The van der Waals surface area contributed by atoms with Gasteiger partial charge in [0.05, 0.1) is 5.69 Å². The monoisotopic (exact) mass is 388 g/mol. The number of benzene rings is 1. The molecule has 0 bridgehead atoms. The standard InChI is InChI=1S/C13H11Br2ClN2/c14-11-7-10(16)8-12(15)13(11)18-6-3-9-1-4-17-5-2-9/h1-2,4-5,7-8,18H,3,6H2. The molecular formula is C13H11Br2ClN2. The van der Waals surface area contributed by atoms with Crippen molar-refractivity contribution in [3.63, 3.8) is 0 Å². The average molecular weight is 391 g/mol. The lowest BCUT2D eigenvalue weighted by atomic mass is 10.2. The molecule has 0 unspecified atom stereocenters. The minimum absolute atomic E-state index is 0.702. The van der Waals surface area contributed by atoms with E-state index >= 15 is 0 Å². The summed E-state index contributed by atoms with van der Waals surface area (Å²) in [7, 11) is 0. The van der Waals surface area contributed by atoms with Crippen molar-refractivity contribution in [1.29, 1.82) is 0 Å². The van der Waals surface area contributed by atoms with Crippen molar-refractivity contribution >= 4 is 49.1 Å².